The molecule has 3 nitrogen and oxygen atoms in total. The van der Waals surface area contributed by atoms with E-state index in [-0.39, 0.29) is 5.54 Å². The second kappa shape index (κ2) is 5.25. The third-order valence-corrected chi connectivity index (χ3v) is 4.88. The Hall–Kier alpha value is -0.120. The number of nitrogens with two attached hydrogens (primary N) is 1. The zero-order chi connectivity index (χ0) is 12.5. The van der Waals surface area contributed by atoms with Crippen molar-refractivity contribution in [3.8, 4) is 0 Å². The van der Waals surface area contributed by atoms with Gasteiger partial charge in [0.1, 0.15) is 0 Å². The van der Waals surface area contributed by atoms with Gasteiger partial charge in [-0.05, 0) is 32.7 Å². The van der Waals surface area contributed by atoms with Crippen LogP contribution in [0.3, 0.4) is 0 Å². The first-order valence-electron chi connectivity index (χ1n) is 7.24. The van der Waals surface area contributed by atoms with Crippen molar-refractivity contribution in [3.05, 3.63) is 0 Å². The van der Waals surface area contributed by atoms with Gasteiger partial charge in [0, 0.05) is 37.8 Å². The lowest BCUT2D eigenvalue weighted by Gasteiger charge is -2.48. The maximum atomic E-state index is 6.08. The Labute approximate surface area is 106 Å². The van der Waals surface area contributed by atoms with E-state index in [0.29, 0.717) is 6.04 Å². The molecule has 1 aliphatic carbocycles. The molecule has 0 aromatic carbocycles. The summed E-state index contributed by atoms with van der Waals surface area (Å²) in [5.74, 6) is 0.961. The SMILES string of the molecule is CCC1CN(C(C)(CN)CC2CC2)CCN1C. The van der Waals surface area contributed by atoms with Gasteiger partial charge in [-0.25, -0.2) is 0 Å². The quantitative estimate of drug-likeness (QED) is 0.790. The van der Waals surface area contributed by atoms with Gasteiger partial charge in [-0.3, -0.25) is 4.90 Å². The molecule has 0 aromatic rings. The predicted octanol–water partition coefficient (Wildman–Crippen LogP) is 1.53. The molecule has 2 fully saturated rings. The number of hydrogen-bond donors (Lipinski definition) is 1. The molecule has 0 aromatic heterocycles. The van der Waals surface area contributed by atoms with E-state index >= 15 is 0 Å². The zero-order valence-corrected chi connectivity index (χ0v) is 11.8. The molecule has 0 spiro atoms. The van der Waals surface area contributed by atoms with Crippen molar-refractivity contribution < 1.29 is 0 Å². The third kappa shape index (κ3) is 3.01. The summed E-state index contributed by atoms with van der Waals surface area (Å²) in [6.45, 7) is 9.07. The highest BCUT2D eigenvalue weighted by Crippen LogP contribution is 2.39. The first-order valence-corrected chi connectivity index (χ1v) is 7.24. The summed E-state index contributed by atoms with van der Waals surface area (Å²) in [7, 11) is 2.26. The summed E-state index contributed by atoms with van der Waals surface area (Å²) in [5, 5.41) is 0. The summed E-state index contributed by atoms with van der Waals surface area (Å²) in [4.78, 5) is 5.17. The Morgan fingerprint density at radius 2 is 2.00 bits per heavy atom. The Morgan fingerprint density at radius 3 is 2.53 bits per heavy atom. The van der Waals surface area contributed by atoms with Crippen LogP contribution in [0.1, 0.15) is 39.5 Å². The minimum Gasteiger partial charge on any atom is -0.329 e. The fourth-order valence-electron chi connectivity index (χ4n) is 3.16. The number of likely N-dealkylation sites (N-methyl/N-ethyl adjacent to an activating group) is 1. The molecule has 1 aliphatic heterocycles. The van der Waals surface area contributed by atoms with Crippen molar-refractivity contribution in [2.24, 2.45) is 11.7 Å². The molecule has 3 heteroatoms. The van der Waals surface area contributed by atoms with Gasteiger partial charge in [-0.15, -0.1) is 0 Å². The molecule has 2 rings (SSSR count). The molecule has 2 aliphatic rings. The molecule has 0 radical (unpaired) electrons. The highest BCUT2D eigenvalue weighted by Gasteiger charge is 2.39. The van der Waals surface area contributed by atoms with Gasteiger partial charge >= 0.3 is 0 Å². The van der Waals surface area contributed by atoms with E-state index < -0.39 is 0 Å². The maximum Gasteiger partial charge on any atom is 0.0307 e. The van der Waals surface area contributed by atoms with Crippen molar-refractivity contribution >= 4 is 0 Å². The minimum absolute atomic E-state index is 0.246. The summed E-state index contributed by atoms with van der Waals surface area (Å²) in [5.41, 5.74) is 6.33. The zero-order valence-electron chi connectivity index (χ0n) is 11.8. The Bertz CT molecular complexity index is 252. The lowest BCUT2D eigenvalue weighted by atomic mass is 9.90. The predicted molar refractivity (Wildman–Crippen MR) is 73.1 cm³/mol. The largest absolute Gasteiger partial charge is 0.329 e. The van der Waals surface area contributed by atoms with Crippen LogP contribution in [0, 0.1) is 5.92 Å². The van der Waals surface area contributed by atoms with E-state index in [2.05, 4.69) is 30.7 Å². The monoisotopic (exact) mass is 239 g/mol. The fraction of sp³-hybridized carbons (Fsp3) is 1.00. The van der Waals surface area contributed by atoms with Gasteiger partial charge in [-0.2, -0.15) is 0 Å². The van der Waals surface area contributed by atoms with E-state index in [1.54, 1.807) is 0 Å². The first-order chi connectivity index (χ1) is 8.09. The van der Waals surface area contributed by atoms with Crippen molar-refractivity contribution in [1.82, 2.24) is 9.80 Å². The first kappa shape index (κ1) is 13.3. The van der Waals surface area contributed by atoms with Crippen LogP contribution >= 0.6 is 0 Å². The fourth-order valence-corrected chi connectivity index (χ4v) is 3.16. The van der Waals surface area contributed by atoms with E-state index in [1.807, 2.05) is 0 Å². The molecule has 100 valence electrons. The van der Waals surface area contributed by atoms with Crippen molar-refractivity contribution in [1.29, 1.82) is 0 Å². The normalized spacial score (nSPS) is 31.4. The molecule has 2 unspecified atom stereocenters. The van der Waals surface area contributed by atoms with Crippen LogP contribution in [-0.4, -0.2) is 54.6 Å². The van der Waals surface area contributed by atoms with Crippen LogP contribution < -0.4 is 5.73 Å². The standard InChI is InChI=1S/C14H29N3/c1-4-13-10-17(8-7-16(13)3)14(2,11-15)9-12-5-6-12/h12-13H,4-11,15H2,1-3H3. The number of nitrogens with zero attached hydrogens (tertiary/aromatic N) is 2. The van der Waals surface area contributed by atoms with Gasteiger partial charge in [0.15, 0.2) is 0 Å². The van der Waals surface area contributed by atoms with Crippen LogP contribution in [-0.2, 0) is 0 Å². The smallest absolute Gasteiger partial charge is 0.0307 e. The van der Waals surface area contributed by atoms with Crippen LogP contribution in [0.5, 0.6) is 0 Å². The molecular weight excluding hydrogens is 210 g/mol. The second-order valence-corrected chi connectivity index (χ2v) is 6.34. The van der Waals surface area contributed by atoms with Crippen LogP contribution in [0.4, 0.5) is 0 Å². The van der Waals surface area contributed by atoms with E-state index in [0.717, 1.165) is 12.5 Å². The molecule has 2 N–H and O–H groups in total. The second-order valence-electron chi connectivity index (χ2n) is 6.34. The molecule has 1 saturated heterocycles. The third-order valence-electron chi connectivity index (χ3n) is 4.88. The highest BCUT2D eigenvalue weighted by molar-refractivity contribution is 4.96. The molecule has 0 amide bonds. The van der Waals surface area contributed by atoms with E-state index in [4.69, 9.17) is 5.73 Å². The van der Waals surface area contributed by atoms with E-state index in [9.17, 15) is 0 Å². The summed E-state index contributed by atoms with van der Waals surface area (Å²) >= 11 is 0. The van der Waals surface area contributed by atoms with Gasteiger partial charge in [0.2, 0.25) is 0 Å². The summed E-state index contributed by atoms with van der Waals surface area (Å²) < 4.78 is 0. The van der Waals surface area contributed by atoms with E-state index in [1.165, 1.54) is 45.3 Å². The average Bonchev–Trinajstić information content (AvgIpc) is 3.13. The average molecular weight is 239 g/mol. The van der Waals surface area contributed by atoms with Crippen molar-refractivity contribution in [2.45, 2.75) is 51.1 Å². The molecule has 2 atom stereocenters. The van der Waals surface area contributed by atoms with Gasteiger partial charge in [-0.1, -0.05) is 19.8 Å². The highest BCUT2D eigenvalue weighted by atomic mass is 15.3. The topological polar surface area (TPSA) is 32.5 Å². The minimum atomic E-state index is 0.246. The number of rotatable bonds is 5. The molecule has 1 heterocycles. The number of piperazine rings is 1. The molecule has 0 bridgehead atoms. The number of hydrogen-bond acceptors (Lipinski definition) is 3. The van der Waals surface area contributed by atoms with Crippen LogP contribution in [0.25, 0.3) is 0 Å². The van der Waals surface area contributed by atoms with Gasteiger partial charge < -0.3 is 10.6 Å². The van der Waals surface area contributed by atoms with Crippen molar-refractivity contribution in [2.75, 3.05) is 33.2 Å². The maximum absolute atomic E-state index is 6.08. The summed E-state index contributed by atoms with van der Waals surface area (Å²) in [6, 6.07) is 0.717. The van der Waals surface area contributed by atoms with Gasteiger partial charge in [0.05, 0.1) is 0 Å². The Balaban J connectivity index is 1.98. The van der Waals surface area contributed by atoms with Gasteiger partial charge in [0.25, 0.3) is 0 Å². The lowest BCUT2D eigenvalue weighted by molar-refractivity contribution is 0.0138. The van der Waals surface area contributed by atoms with Crippen LogP contribution in [0.15, 0.2) is 0 Å². The lowest BCUT2D eigenvalue weighted by Crippen LogP contribution is -2.61. The Morgan fingerprint density at radius 1 is 1.29 bits per heavy atom. The molecular formula is C14H29N3. The molecule has 17 heavy (non-hydrogen) atoms. The van der Waals surface area contributed by atoms with Crippen molar-refractivity contribution in [3.63, 3.8) is 0 Å². The molecule has 1 saturated carbocycles. The summed E-state index contributed by atoms with van der Waals surface area (Å²) in [6.07, 6.45) is 5.42. The Kier molecular flexibility index (Phi) is 4.11. The van der Waals surface area contributed by atoms with Crippen LogP contribution in [0.2, 0.25) is 0 Å².